The number of halogens is 1. The van der Waals surface area contributed by atoms with Gasteiger partial charge in [-0.05, 0) is 24.6 Å². The van der Waals surface area contributed by atoms with E-state index in [1.165, 1.54) is 89.5 Å². The molecule has 1 N–H and O–H groups in total. The fourth-order valence-electron chi connectivity index (χ4n) is 3.73. The van der Waals surface area contributed by atoms with Gasteiger partial charge in [0.25, 0.3) is 0 Å². The summed E-state index contributed by atoms with van der Waals surface area (Å²) in [7, 11) is -4.28. The first-order valence-corrected chi connectivity index (χ1v) is 13.6. The molecular weight excluding hydrogens is 418 g/mol. The smallest absolute Gasteiger partial charge is 0.269 e. The zero-order valence-corrected chi connectivity index (χ0v) is 20.3. The Hall–Kier alpha value is -0.780. The second kappa shape index (κ2) is 16.9. The lowest BCUT2D eigenvalue weighted by molar-refractivity contribution is 0.475. The zero-order chi connectivity index (χ0) is 22.1. The molecule has 4 nitrogen and oxygen atoms in total. The molecule has 0 atom stereocenters. The zero-order valence-electron chi connectivity index (χ0n) is 18.8. The Bertz CT molecular complexity index is 634. The topological polar surface area (TPSA) is 57.6 Å². The summed E-state index contributed by atoms with van der Waals surface area (Å²) in [6.07, 6.45) is 20.3. The van der Waals surface area contributed by atoms with E-state index < -0.39 is 10.3 Å². The average molecular weight is 459 g/mol. The molecule has 0 saturated carbocycles. The van der Waals surface area contributed by atoms with E-state index in [1.807, 2.05) is 0 Å². The molecule has 30 heavy (non-hydrogen) atoms. The summed E-state index contributed by atoms with van der Waals surface area (Å²) in [4.78, 5) is 0. The van der Waals surface area contributed by atoms with Gasteiger partial charge in [-0.15, -0.1) is 0 Å². The van der Waals surface area contributed by atoms with Crippen molar-refractivity contribution in [1.29, 1.82) is 0 Å². The minimum atomic E-state index is -4.28. The number of benzene rings is 1. The van der Waals surface area contributed by atoms with Crippen molar-refractivity contribution in [2.75, 3.05) is 10.8 Å². The third kappa shape index (κ3) is 13.5. The van der Waals surface area contributed by atoms with Crippen LogP contribution in [0, 0.1) is 6.07 Å². The summed E-state index contributed by atoms with van der Waals surface area (Å²) < 4.78 is 33.8. The first-order valence-electron chi connectivity index (χ1n) is 11.9. The molecule has 0 bridgehead atoms. The summed E-state index contributed by atoms with van der Waals surface area (Å²) in [5.41, 5.74) is 0.392. The van der Waals surface area contributed by atoms with Gasteiger partial charge >= 0.3 is 10.3 Å². The maximum Gasteiger partial charge on any atom is 0.359 e. The minimum absolute atomic E-state index is 0.271. The molecule has 0 aliphatic carbocycles. The van der Waals surface area contributed by atoms with Gasteiger partial charge in [0.15, 0.2) is 0 Å². The standard InChI is InChI=1S/C24H41ClNO3S/c1-2-3-4-5-6-7-8-9-10-11-12-13-14-15-16-17-22-26(30(27,28)29)24-20-18-23(25)19-21-24/h18,20-21H,2-17,22H2,1H3,(H,27,28,29). The number of unbranched alkanes of at least 4 members (excludes halogenated alkanes) is 15. The lowest BCUT2D eigenvalue weighted by Gasteiger charge is -2.20. The SMILES string of the molecule is CCCCCCCCCCCCCCCCCCN(c1c[c]c(Cl)cc1)S(=O)(=O)O. The molecule has 0 aliphatic heterocycles. The monoisotopic (exact) mass is 458 g/mol. The van der Waals surface area contributed by atoms with E-state index in [0.29, 0.717) is 10.7 Å². The molecule has 0 aromatic heterocycles. The van der Waals surface area contributed by atoms with Gasteiger partial charge in [-0.2, -0.15) is 8.42 Å². The van der Waals surface area contributed by atoms with Gasteiger partial charge in [0.05, 0.1) is 5.69 Å². The molecule has 173 valence electrons. The van der Waals surface area contributed by atoms with Crippen LogP contribution < -0.4 is 4.31 Å². The van der Waals surface area contributed by atoms with Crippen molar-refractivity contribution in [1.82, 2.24) is 0 Å². The number of anilines is 1. The van der Waals surface area contributed by atoms with Crippen LogP contribution in [0.25, 0.3) is 0 Å². The summed E-state index contributed by atoms with van der Waals surface area (Å²) in [5.74, 6) is 0. The highest BCUT2D eigenvalue weighted by molar-refractivity contribution is 7.87. The summed E-state index contributed by atoms with van der Waals surface area (Å²) in [5, 5.41) is 0.413. The largest absolute Gasteiger partial charge is 0.359 e. The average Bonchev–Trinajstić information content (AvgIpc) is 2.70. The van der Waals surface area contributed by atoms with Gasteiger partial charge in [0, 0.05) is 17.6 Å². The number of rotatable bonds is 19. The molecule has 1 aromatic rings. The Morgan fingerprint density at radius 1 is 0.800 bits per heavy atom. The Balaban J connectivity index is 2.00. The third-order valence-electron chi connectivity index (χ3n) is 5.54. The normalized spacial score (nSPS) is 11.7. The predicted molar refractivity (Wildman–Crippen MR) is 129 cm³/mol. The summed E-state index contributed by atoms with van der Waals surface area (Å²) in [6.45, 7) is 2.53. The molecule has 1 radical (unpaired) electrons. The molecule has 0 unspecified atom stereocenters. The fraction of sp³-hybridized carbons (Fsp3) is 0.750. The van der Waals surface area contributed by atoms with Crippen LogP contribution in [0.2, 0.25) is 5.02 Å². The predicted octanol–water partition coefficient (Wildman–Crippen LogP) is 8.01. The van der Waals surface area contributed by atoms with Crippen molar-refractivity contribution >= 4 is 27.6 Å². The summed E-state index contributed by atoms with van der Waals surface area (Å²) in [6, 6.07) is 7.40. The van der Waals surface area contributed by atoms with Crippen LogP contribution in [0.4, 0.5) is 5.69 Å². The molecule has 0 amide bonds. The van der Waals surface area contributed by atoms with E-state index in [1.54, 1.807) is 12.1 Å². The van der Waals surface area contributed by atoms with Crippen LogP contribution in [-0.2, 0) is 10.3 Å². The van der Waals surface area contributed by atoms with E-state index in [-0.39, 0.29) is 6.54 Å². The Labute approximate surface area is 190 Å². The van der Waals surface area contributed by atoms with Crippen molar-refractivity contribution in [2.24, 2.45) is 0 Å². The highest BCUT2D eigenvalue weighted by Gasteiger charge is 2.18. The first-order chi connectivity index (χ1) is 14.4. The van der Waals surface area contributed by atoms with E-state index in [4.69, 9.17) is 11.6 Å². The van der Waals surface area contributed by atoms with Gasteiger partial charge in [-0.25, -0.2) is 4.31 Å². The van der Waals surface area contributed by atoms with Crippen LogP contribution in [0.1, 0.15) is 110 Å². The number of hydrogen-bond donors (Lipinski definition) is 1. The minimum Gasteiger partial charge on any atom is -0.269 e. The van der Waals surface area contributed by atoms with Crippen LogP contribution in [0.15, 0.2) is 18.2 Å². The van der Waals surface area contributed by atoms with E-state index in [0.717, 1.165) is 23.6 Å². The molecule has 0 aliphatic rings. The first kappa shape index (κ1) is 27.3. The molecule has 0 heterocycles. The number of nitrogens with zero attached hydrogens (tertiary/aromatic N) is 1. The number of hydrogen-bond acceptors (Lipinski definition) is 2. The maximum atomic E-state index is 11.6. The lowest BCUT2D eigenvalue weighted by Crippen LogP contribution is -2.31. The third-order valence-corrected chi connectivity index (χ3v) is 6.73. The van der Waals surface area contributed by atoms with Crippen molar-refractivity contribution in [3.63, 3.8) is 0 Å². The van der Waals surface area contributed by atoms with E-state index in [2.05, 4.69) is 13.0 Å². The Kier molecular flexibility index (Phi) is 15.3. The van der Waals surface area contributed by atoms with E-state index >= 15 is 0 Å². The Morgan fingerprint density at radius 2 is 1.23 bits per heavy atom. The second-order valence-corrected chi connectivity index (χ2v) is 9.99. The molecule has 0 saturated heterocycles. The van der Waals surface area contributed by atoms with Gasteiger partial charge in [-0.3, -0.25) is 4.55 Å². The van der Waals surface area contributed by atoms with Crippen LogP contribution >= 0.6 is 11.6 Å². The second-order valence-electron chi connectivity index (χ2n) is 8.25. The van der Waals surface area contributed by atoms with Crippen molar-refractivity contribution < 1.29 is 13.0 Å². The highest BCUT2D eigenvalue weighted by Crippen LogP contribution is 2.21. The molecule has 6 heteroatoms. The van der Waals surface area contributed by atoms with Crippen LogP contribution in [-0.4, -0.2) is 19.5 Å². The molecule has 0 fully saturated rings. The van der Waals surface area contributed by atoms with Gasteiger partial charge in [0.2, 0.25) is 0 Å². The van der Waals surface area contributed by atoms with Crippen molar-refractivity contribution in [2.45, 2.75) is 110 Å². The van der Waals surface area contributed by atoms with Crippen LogP contribution in [0.3, 0.4) is 0 Å². The quantitative estimate of drug-likeness (QED) is 0.168. The van der Waals surface area contributed by atoms with Gasteiger partial charge in [-0.1, -0.05) is 115 Å². The summed E-state index contributed by atoms with van der Waals surface area (Å²) >= 11 is 5.80. The lowest BCUT2D eigenvalue weighted by atomic mass is 10.0. The molecule has 0 spiro atoms. The molecular formula is C24H41ClNO3S. The van der Waals surface area contributed by atoms with Crippen LogP contribution in [0.5, 0.6) is 0 Å². The van der Waals surface area contributed by atoms with Gasteiger partial charge < -0.3 is 0 Å². The molecule has 1 rings (SSSR count). The highest BCUT2D eigenvalue weighted by atomic mass is 35.5. The van der Waals surface area contributed by atoms with Crippen molar-refractivity contribution in [3.8, 4) is 0 Å². The van der Waals surface area contributed by atoms with Gasteiger partial charge in [0.1, 0.15) is 0 Å². The van der Waals surface area contributed by atoms with Crippen molar-refractivity contribution in [3.05, 3.63) is 29.3 Å². The fourth-order valence-corrected chi connectivity index (χ4v) is 4.59. The molecule has 1 aromatic carbocycles. The maximum absolute atomic E-state index is 11.6. The Morgan fingerprint density at radius 3 is 1.60 bits per heavy atom. The van der Waals surface area contributed by atoms with E-state index in [9.17, 15) is 13.0 Å².